The van der Waals surface area contributed by atoms with Crippen molar-refractivity contribution in [3.63, 3.8) is 0 Å². The Morgan fingerprint density at radius 1 is 1.33 bits per heavy atom. The highest BCUT2D eigenvalue weighted by atomic mass is 14.7. The highest BCUT2D eigenvalue weighted by molar-refractivity contribution is 4.93. The lowest BCUT2D eigenvalue weighted by atomic mass is 9.63. The lowest BCUT2D eigenvalue weighted by Gasteiger charge is -2.44. The molecule has 2 unspecified atom stereocenters. The lowest BCUT2D eigenvalue weighted by Crippen LogP contribution is -2.42. The Bertz CT molecular complexity index is 165. The summed E-state index contributed by atoms with van der Waals surface area (Å²) in [6.45, 7) is 7.29. The molecule has 1 aliphatic carbocycles. The molecule has 12 heavy (non-hydrogen) atoms. The van der Waals surface area contributed by atoms with Crippen molar-refractivity contribution in [3.05, 3.63) is 0 Å². The van der Waals surface area contributed by atoms with Crippen molar-refractivity contribution < 1.29 is 0 Å². The minimum absolute atomic E-state index is 0.151. The molecule has 1 fully saturated rings. The van der Waals surface area contributed by atoms with Crippen molar-refractivity contribution in [1.29, 1.82) is 0 Å². The summed E-state index contributed by atoms with van der Waals surface area (Å²) in [6, 6.07) is -0.151. The molecule has 0 amide bonds. The van der Waals surface area contributed by atoms with Crippen molar-refractivity contribution in [3.8, 4) is 0 Å². The molecular formula is C10H20N2. The molecule has 0 saturated heterocycles. The third-order valence-corrected chi connectivity index (χ3v) is 2.91. The van der Waals surface area contributed by atoms with Crippen LogP contribution < -0.4 is 11.5 Å². The molecule has 0 aromatic carbocycles. The quantitative estimate of drug-likeness (QED) is 0.635. The van der Waals surface area contributed by atoms with Crippen LogP contribution in [0.3, 0.4) is 0 Å². The van der Waals surface area contributed by atoms with Crippen LogP contribution in [0.25, 0.3) is 0 Å². The molecular weight excluding hydrogens is 148 g/mol. The fourth-order valence-electron chi connectivity index (χ4n) is 2.73. The van der Waals surface area contributed by atoms with Crippen LogP contribution in [0, 0.1) is 10.8 Å². The molecule has 0 heterocycles. The molecule has 0 bridgehead atoms. The van der Waals surface area contributed by atoms with Gasteiger partial charge in [0.15, 0.2) is 0 Å². The zero-order valence-corrected chi connectivity index (χ0v) is 8.43. The second kappa shape index (κ2) is 3.00. The maximum absolute atomic E-state index is 9.66. The van der Waals surface area contributed by atoms with Crippen molar-refractivity contribution in [1.82, 2.24) is 5.73 Å². The maximum atomic E-state index is 9.66. The van der Waals surface area contributed by atoms with Gasteiger partial charge < -0.3 is 5.73 Å². The average Bonchev–Trinajstić information content (AvgIpc) is 1.82. The second-order valence-corrected chi connectivity index (χ2v) is 5.42. The minimum Gasteiger partial charge on any atom is -0.330 e. The van der Waals surface area contributed by atoms with Crippen molar-refractivity contribution in [2.75, 3.05) is 6.54 Å². The first kappa shape index (κ1) is 10.0. The fourth-order valence-corrected chi connectivity index (χ4v) is 2.73. The molecule has 0 aromatic rings. The molecule has 1 saturated carbocycles. The van der Waals surface area contributed by atoms with E-state index in [4.69, 9.17) is 5.73 Å². The predicted octanol–water partition coefficient (Wildman–Crippen LogP) is 1.60. The lowest BCUT2D eigenvalue weighted by molar-refractivity contribution is 0.0881. The van der Waals surface area contributed by atoms with Crippen molar-refractivity contribution in [2.24, 2.45) is 16.6 Å². The molecule has 2 heteroatoms. The molecule has 2 N–H and O–H groups in total. The third kappa shape index (κ3) is 2.20. The number of nitrogens with two attached hydrogens (primary N) is 1. The van der Waals surface area contributed by atoms with E-state index in [1.165, 1.54) is 0 Å². The first-order chi connectivity index (χ1) is 5.37. The largest absolute Gasteiger partial charge is 0.330 e. The molecule has 0 spiro atoms. The maximum Gasteiger partial charge on any atom is 0.0444 e. The second-order valence-electron chi connectivity index (χ2n) is 5.42. The first-order valence-corrected chi connectivity index (χ1v) is 4.75. The van der Waals surface area contributed by atoms with Gasteiger partial charge in [0, 0.05) is 6.04 Å². The summed E-state index contributed by atoms with van der Waals surface area (Å²) >= 11 is 0. The predicted molar refractivity (Wildman–Crippen MR) is 50.7 cm³/mol. The standard InChI is InChI=1S/C10H20N2/c1-9(2)4-8(12)5-10(3,6-9)7-11/h8H,4-7,11H2,1-3H3. The van der Waals surface area contributed by atoms with Crippen molar-refractivity contribution in [2.45, 2.75) is 46.1 Å². The summed E-state index contributed by atoms with van der Waals surface area (Å²) in [5, 5.41) is 0. The Morgan fingerprint density at radius 3 is 2.33 bits per heavy atom. The van der Waals surface area contributed by atoms with Crippen LogP contribution in [-0.4, -0.2) is 12.6 Å². The van der Waals surface area contributed by atoms with Gasteiger partial charge in [0.2, 0.25) is 0 Å². The molecule has 2 atom stereocenters. The topological polar surface area (TPSA) is 48.3 Å². The SMILES string of the molecule is CC1(C)CC([N])CC(C)(CN)C1. The van der Waals surface area contributed by atoms with Crippen LogP contribution in [0.15, 0.2) is 0 Å². The normalized spacial score (nSPS) is 41.2. The van der Waals surface area contributed by atoms with E-state index in [1.807, 2.05) is 0 Å². The molecule has 1 rings (SSSR count). The van der Waals surface area contributed by atoms with Crippen LogP contribution in [0.1, 0.15) is 40.0 Å². The van der Waals surface area contributed by atoms with Gasteiger partial charge in [-0.1, -0.05) is 20.8 Å². The zero-order chi connectivity index (χ0) is 9.41. The van der Waals surface area contributed by atoms with Gasteiger partial charge in [0.05, 0.1) is 0 Å². The summed E-state index contributed by atoms with van der Waals surface area (Å²) < 4.78 is 0. The van der Waals surface area contributed by atoms with Crippen LogP contribution in [0.4, 0.5) is 0 Å². The summed E-state index contributed by atoms with van der Waals surface area (Å²) in [6.07, 6.45) is 2.92. The van der Waals surface area contributed by atoms with E-state index in [-0.39, 0.29) is 16.9 Å². The van der Waals surface area contributed by atoms with Gasteiger partial charge in [0.25, 0.3) is 0 Å². The summed E-state index contributed by atoms with van der Waals surface area (Å²) in [4.78, 5) is 0. The van der Waals surface area contributed by atoms with E-state index in [0.717, 1.165) is 19.3 Å². The van der Waals surface area contributed by atoms with E-state index in [9.17, 15) is 5.73 Å². The minimum atomic E-state index is -0.151. The fraction of sp³-hybridized carbons (Fsp3) is 1.00. The number of hydrogen-bond donors (Lipinski definition) is 1. The molecule has 1 aliphatic rings. The first-order valence-electron chi connectivity index (χ1n) is 4.75. The van der Waals surface area contributed by atoms with Crippen LogP contribution >= 0.6 is 0 Å². The Labute approximate surface area is 75.7 Å². The van der Waals surface area contributed by atoms with Gasteiger partial charge >= 0.3 is 0 Å². The molecule has 2 radical (unpaired) electrons. The van der Waals surface area contributed by atoms with Crippen LogP contribution in [-0.2, 0) is 0 Å². The van der Waals surface area contributed by atoms with E-state index >= 15 is 0 Å². The van der Waals surface area contributed by atoms with Crippen LogP contribution in [0.5, 0.6) is 0 Å². The van der Waals surface area contributed by atoms with Gasteiger partial charge in [-0.05, 0) is 36.6 Å². The number of hydrogen-bond acceptors (Lipinski definition) is 1. The van der Waals surface area contributed by atoms with Gasteiger partial charge in [0.1, 0.15) is 0 Å². The molecule has 0 aromatic heterocycles. The smallest absolute Gasteiger partial charge is 0.0444 e. The van der Waals surface area contributed by atoms with E-state index < -0.39 is 0 Å². The van der Waals surface area contributed by atoms with E-state index in [1.54, 1.807) is 0 Å². The highest BCUT2D eigenvalue weighted by Crippen LogP contribution is 2.45. The Balaban J connectivity index is 2.70. The van der Waals surface area contributed by atoms with Crippen LogP contribution in [0.2, 0.25) is 0 Å². The van der Waals surface area contributed by atoms with Gasteiger partial charge in [-0.2, -0.15) is 0 Å². The summed E-state index contributed by atoms with van der Waals surface area (Å²) in [7, 11) is 0. The van der Waals surface area contributed by atoms with Gasteiger partial charge in [-0.25, -0.2) is 0 Å². The third-order valence-electron chi connectivity index (χ3n) is 2.91. The van der Waals surface area contributed by atoms with E-state index in [2.05, 4.69) is 20.8 Å². The Morgan fingerprint density at radius 2 is 1.92 bits per heavy atom. The monoisotopic (exact) mass is 168 g/mol. The number of nitrogens with zero attached hydrogens (tertiary/aromatic N) is 1. The summed E-state index contributed by atoms with van der Waals surface area (Å²) in [5.74, 6) is 0. The Hall–Kier alpha value is -0.0800. The Kier molecular flexibility index (Phi) is 2.50. The number of rotatable bonds is 1. The average molecular weight is 168 g/mol. The highest BCUT2D eigenvalue weighted by Gasteiger charge is 2.39. The molecule has 2 nitrogen and oxygen atoms in total. The van der Waals surface area contributed by atoms with E-state index in [0.29, 0.717) is 6.54 Å². The molecule has 70 valence electrons. The van der Waals surface area contributed by atoms with Gasteiger partial charge in [-0.15, -0.1) is 5.73 Å². The summed E-state index contributed by atoms with van der Waals surface area (Å²) in [5.41, 5.74) is 15.8. The van der Waals surface area contributed by atoms with Crippen molar-refractivity contribution >= 4 is 0 Å². The zero-order valence-electron chi connectivity index (χ0n) is 8.43. The van der Waals surface area contributed by atoms with Gasteiger partial charge in [-0.3, -0.25) is 0 Å². The molecule has 0 aliphatic heterocycles.